The van der Waals surface area contributed by atoms with Gasteiger partial charge >= 0.3 is 0 Å². The van der Waals surface area contributed by atoms with Crippen LogP contribution in [0, 0.1) is 41.5 Å². The molecule has 0 aliphatic carbocycles. The molecule has 0 bridgehead atoms. The van der Waals surface area contributed by atoms with Crippen molar-refractivity contribution in [2.24, 2.45) is 0 Å². The van der Waals surface area contributed by atoms with Gasteiger partial charge in [-0.2, -0.15) is 0 Å². The van der Waals surface area contributed by atoms with E-state index >= 15 is 0 Å². The number of rotatable bonds is 6. The van der Waals surface area contributed by atoms with Gasteiger partial charge in [0.2, 0.25) is 0 Å². The summed E-state index contributed by atoms with van der Waals surface area (Å²) in [5.74, 6) is -0.833. The Kier molecular flexibility index (Phi) is 13.5. The van der Waals surface area contributed by atoms with Crippen LogP contribution in [0.1, 0.15) is 40.3 Å². The van der Waals surface area contributed by atoms with Crippen LogP contribution in [0.3, 0.4) is 0 Å². The van der Waals surface area contributed by atoms with Gasteiger partial charge in [-0.1, -0.05) is 146 Å². The van der Waals surface area contributed by atoms with Gasteiger partial charge in [0.1, 0.15) is 0 Å². The van der Waals surface area contributed by atoms with Gasteiger partial charge in [-0.05, 0) is 123 Å². The lowest BCUT2D eigenvalue weighted by molar-refractivity contribution is -0.134. The summed E-state index contributed by atoms with van der Waals surface area (Å²) >= 11 is 0. The molecule has 6 aromatic rings. The summed E-state index contributed by atoms with van der Waals surface area (Å²) in [5.41, 5.74) is 8.25. The number of hydrogen-bond donors (Lipinski definition) is 1. The molecular formula is C44H46O2P2. The minimum absolute atomic E-state index is 0.508. The lowest BCUT2D eigenvalue weighted by Crippen LogP contribution is -2.25. The summed E-state index contributed by atoms with van der Waals surface area (Å²) in [4.78, 5) is 9.00. The molecule has 0 fully saturated rings. The van der Waals surface area contributed by atoms with E-state index in [0.29, 0.717) is 0 Å². The molecule has 0 unspecified atom stereocenters. The number of benzene rings is 6. The molecule has 6 aromatic carbocycles. The zero-order chi connectivity index (χ0) is 34.6. The van der Waals surface area contributed by atoms with Crippen LogP contribution in [0.2, 0.25) is 0 Å². The first-order valence-corrected chi connectivity index (χ1v) is 18.9. The maximum Gasteiger partial charge on any atom is 0.300 e. The van der Waals surface area contributed by atoms with Crippen LogP contribution in [0.4, 0.5) is 0 Å². The molecule has 244 valence electrons. The second kappa shape index (κ2) is 17.7. The van der Waals surface area contributed by atoms with Crippen molar-refractivity contribution in [1.29, 1.82) is 0 Å². The number of hydrogen-bond acceptors (Lipinski definition) is 1. The predicted octanol–water partition coefficient (Wildman–Crippen LogP) is 8.83. The SMILES string of the molecule is CC(=O)O.Cc1ccccc1P(c1ccccc1C)c1ccccc1C.Cc1ccccc1P(c1ccccc1C)c1ccccc1C. The van der Waals surface area contributed by atoms with Gasteiger partial charge in [0.05, 0.1) is 0 Å². The van der Waals surface area contributed by atoms with Gasteiger partial charge in [0, 0.05) is 6.92 Å². The maximum atomic E-state index is 9.00. The Bertz CT molecular complexity index is 1610. The van der Waals surface area contributed by atoms with Crippen LogP contribution in [-0.4, -0.2) is 11.1 Å². The van der Waals surface area contributed by atoms with Gasteiger partial charge in [-0.15, -0.1) is 0 Å². The minimum atomic E-state index is -0.833. The Morgan fingerprint density at radius 2 is 0.479 bits per heavy atom. The van der Waals surface area contributed by atoms with Crippen molar-refractivity contribution in [2.75, 3.05) is 0 Å². The van der Waals surface area contributed by atoms with E-state index < -0.39 is 21.8 Å². The Labute approximate surface area is 290 Å². The van der Waals surface area contributed by atoms with E-state index in [1.54, 1.807) is 0 Å². The van der Waals surface area contributed by atoms with Gasteiger partial charge in [0.15, 0.2) is 0 Å². The number of carboxylic acids is 1. The number of carboxylic acid groups (broad SMARTS) is 1. The highest BCUT2D eigenvalue weighted by molar-refractivity contribution is 7.80. The molecule has 0 aromatic heterocycles. The summed E-state index contributed by atoms with van der Waals surface area (Å²) in [5, 5.41) is 16.2. The normalized spacial score (nSPS) is 10.5. The molecule has 4 heteroatoms. The molecule has 0 saturated heterocycles. The smallest absolute Gasteiger partial charge is 0.300 e. The largest absolute Gasteiger partial charge is 0.481 e. The van der Waals surface area contributed by atoms with Crippen molar-refractivity contribution in [3.05, 3.63) is 179 Å². The first-order valence-electron chi connectivity index (χ1n) is 16.2. The van der Waals surface area contributed by atoms with Crippen molar-refractivity contribution in [2.45, 2.75) is 48.5 Å². The first-order chi connectivity index (χ1) is 23.1. The lowest BCUT2D eigenvalue weighted by Gasteiger charge is -2.24. The average Bonchev–Trinajstić information content (AvgIpc) is 3.06. The number of aryl methyl sites for hydroxylation is 6. The fraction of sp³-hybridized carbons (Fsp3) is 0.159. The highest BCUT2D eigenvalue weighted by Crippen LogP contribution is 2.37. The number of aliphatic carboxylic acids is 1. The average molecular weight is 669 g/mol. The summed E-state index contributed by atoms with van der Waals surface area (Å²) < 4.78 is 0. The highest BCUT2D eigenvalue weighted by atomic mass is 31.1. The van der Waals surface area contributed by atoms with E-state index in [4.69, 9.17) is 9.90 Å². The molecule has 0 atom stereocenters. The summed E-state index contributed by atoms with van der Waals surface area (Å²) in [7, 11) is -1.02. The van der Waals surface area contributed by atoms with Gasteiger partial charge in [-0.25, -0.2) is 0 Å². The predicted molar refractivity (Wildman–Crippen MR) is 212 cm³/mol. The Balaban J connectivity index is 0.000000195. The molecule has 0 amide bonds. The molecule has 0 radical (unpaired) electrons. The van der Waals surface area contributed by atoms with Crippen molar-refractivity contribution in [1.82, 2.24) is 0 Å². The molecular weight excluding hydrogens is 622 g/mol. The zero-order valence-corrected chi connectivity index (χ0v) is 30.9. The second-order valence-corrected chi connectivity index (χ2v) is 16.1. The molecule has 6 rings (SSSR count). The third-order valence-corrected chi connectivity index (χ3v) is 14.0. The van der Waals surface area contributed by atoms with Crippen LogP contribution in [0.25, 0.3) is 0 Å². The van der Waals surface area contributed by atoms with Gasteiger partial charge in [0.25, 0.3) is 5.97 Å². The van der Waals surface area contributed by atoms with E-state index in [-0.39, 0.29) is 0 Å². The fourth-order valence-corrected chi connectivity index (χ4v) is 11.2. The van der Waals surface area contributed by atoms with Crippen LogP contribution in [-0.2, 0) is 4.79 Å². The maximum absolute atomic E-state index is 9.00. The molecule has 48 heavy (non-hydrogen) atoms. The quantitative estimate of drug-likeness (QED) is 0.180. The summed E-state index contributed by atoms with van der Waals surface area (Å²) in [6.45, 7) is 14.4. The Morgan fingerprint density at radius 1 is 0.354 bits per heavy atom. The minimum Gasteiger partial charge on any atom is -0.481 e. The summed E-state index contributed by atoms with van der Waals surface area (Å²) in [6, 6.07) is 52.8. The molecule has 2 nitrogen and oxygen atoms in total. The van der Waals surface area contributed by atoms with Crippen LogP contribution >= 0.6 is 15.8 Å². The molecule has 0 spiro atoms. The Morgan fingerprint density at radius 3 is 0.604 bits per heavy atom. The molecule has 0 aliphatic rings. The third kappa shape index (κ3) is 9.38. The van der Waals surface area contributed by atoms with Crippen molar-refractivity contribution in [3.63, 3.8) is 0 Å². The van der Waals surface area contributed by atoms with Crippen molar-refractivity contribution >= 4 is 53.6 Å². The first kappa shape index (κ1) is 36.5. The highest BCUT2D eigenvalue weighted by Gasteiger charge is 2.22. The van der Waals surface area contributed by atoms with E-state index in [9.17, 15) is 0 Å². The van der Waals surface area contributed by atoms with Gasteiger partial charge in [-0.3, -0.25) is 4.79 Å². The molecule has 0 heterocycles. The van der Waals surface area contributed by atoms with Crippen LogP contribution < -0.4 is 31.8 Å². The van der Waals surface area contributed by atoms with E-state index in [0.717, 1.165) is 6.92 Å². The standard InChI is InChI=1S/2C21H21P.C2H4O2/c2*1-16-10-4-7-13-19(16)22(20-14-8-5-11-17(20)2)21-15-9-6-12-18(21)3;1-2(3)4/h2*4-15H,1-3H3;1H3,(H,3,4). The monoisotopic (exact) mass is 668 g/mol. The second-order valence-electron chi connectivity index (χ2n) is 11.9. The molecule has 1 N–H and O–H groups in total. The molecule has 0 aliphatic heterocycles. The molecule has 0 saturated carbocycles. The summed E-state index contributed by atoms with van der Waals surface area (Å²) in [6.07, 6.45) is 0. The third-order valence-electron chi connectivity index (χ3n) is 8.14. The van der Waals surface area contributed by atoms with Crippen molar-refractivity contribution < 1.29 is 9.90 Å². The topological polar surface area (TPSA) is 37.3 Å². The van der Waals surface area contributed by atoms with E-state index in [1.807, 2.05) is 0 Å². The zero-order valence-electron chi connectivity index (χ0n) is 29.1. The van der Waals surface area contributed by atoms with E-state index in [2.05, 4.69) is 187 Å². The van der Waals surface area contributed by atoms with E-state index in [1.165, 1.54) is 65.2 Å². The Hall–Kier alpha value is -4.35. The van der Waals surface area contributed by atoms with Crippen molar-refractivity contribution in [3.8, 4) is 0 Å². The van der Waals surface area contributed by atoms with Crippen LogP contribution in [0.15, 0.2) is 146 Å². The van der Waals surface area contributed by atoms with Gasteiger partial charge < -0.3 is 5.11 Å². The fourth-order valence-electron chi connectivity index (χ4n) is 5.66. The van der Waals surface area contributed by atoms with Crippen LogP contribution in [0.5, 0.6) is 0 Å². The number of carbonyl (C=O) groups is 1. The lowest BCUT2D eigenvalue weighted by atomic mass is 10.2.